The fraction of sp³-hybridized carbons (Fsp3) is 0.667. The van der Waals surface area contributed by atoms with Crippen LogP contribution in [0, 0.1) is 5.92 Å². The van der Waals surface area contributed by atoms with Crippen LogP contribution in [0.15, 0.2) is 12.3 Å². The van der Waals surface area contributed by atoms with Crippen molar-refractivity contribution in [2.45, 2.75) is 32.4 Å². The van der Waals surface area contributed by atoms with E-state index in [1.165, 1.54) is 18.5 Å². The molecule has 0 unspecified atom stereocenters. The fourth-order valence-corrected chi connectivity index (χ4v) is 1.71. The Morgan fingerprint density at radius 1 is 1.67 bits per heavy atom. The van der Waals surface area contributed by atoms with Gasteiger partial charge in [0, 0.05) is 24.5 Å². The lowest BCUT2D eigenvalue weighted by molar-refractivity contribution is 0.239. The summed E-state index contributed by atoms with van der Waals surface area (Å²) in [4.78, 5) is 0. The van der Waals surface area contributed by atoms with Gasteiger partial charge >= 0.3 is 0 Å². The van der Waals surface area contributed by atoms with Gasteiger partial charge in [-0.1, -0.05) is 6.92 Å². The van der Waals surface area contributed by atoms with E-state index in [2.05, 4.69) is 22.4 Å². The van der Waals surface area contributed by atoms with Crippen LogP contribution in [-0.4, -0.2) is 16.2 Å². The number of nitrogens with one attached hydrogen (secondary N) is 2. The standard InChI is InChI=1S/C9H15N3/c1-7-4-9(5-7)10-6-8-2-3-11-12-8/h2-3,7,9-10H,4-6H2,1H3,(H,11,12). The van der Waals surface area contributed by atoms with Gasteiger partial charge in [-0.2, -0.15) is 5.10 Å². The number of rotatable bonds is 3. The van der Waals surface area contributed by atoms with E-state index in [-0.39, 0.29) is 0 Å². The molecule has 0 radical (unpaired) electrons. The average molecular weight is 165 g/mol. The quantitative estimate of drug-likeness (QED) is 0.708. The Balaban J connectivity index is 1.70. The molecule has 3 heteroatoms. The van der Waals surface area contributed by atoms with Gasteiger partial charge in [0.05, 0.1) is 0 Å². The predicted molar refractivity (Wildman–Crippen MR) is 47.6 cm³/mol. The van der Waals surface area contributed by atoms with Crippen molar-refractivity contribution in [2.75, 3.05) is 0 Å². The van der Waals surface area contributed by atoms with E-state index in [0.29, 0.717) is 0 Å². The van der Waals surface area contributed by atoms with Crippen molar-refractivity contribution in [1.29, 1.82) is 0 Å². The lowest BCUT2D eigenvalue weighted by Crippen LogP contribution is -2.39. The van der Waals surface area contributed by atoms with E-state index in [1.807, 2.05) is 6.07 Å². The second-order valence-corrected chi connectivity index (χ2v) is 3.74. The molecular weight excluding hydrogens is 150 g/mol. The lowest BCUT2D eigenvalue weighted by atomic mass is 9.82. The minimum atomic E-state index is 0.739. The Kier molecular flexibility index (Phi) is 2.13. The summed E-state index contributed by atoms with van der Waals surface area (Å²) in [7, 11) is 0. The maximum atomic E-state index is 3.89. The Morgan fingerprint density at radius 2 is 2.50 bits per heavy atom. The van der Waals surface area contributed by atoms with Gasteiger partial charge in [-0.3, -0.25) is 5.10 Å². The van der Waals surface area contributed by atoms with Gasteiger partial charge in [-0.15, -0.1) is 0 Å². The molecule has 0 aliphatic heterocycles. The molecule has 0 bridgehead atoms. The zero-order valence-electron chi connectivity index (χ0n) is 7.38. The van der Waals surface area contributed by atoms with Crippen LogP contribution >= 0.6 is 0 Å². The van der Waals surface area contributed by atoms with Gasteiger partial charge in [0.15, 0.2) is 0 Å². The molecule has 66 valence electrons. The minimum absolute atomic E-state index is 0.739. The second-order valence-electron chi connectivity index (χ2n) is 3.74. The van der Waals surface area contributed by atoms with Gasteiger partial charge < -0.3 is 5.32 Å². The molecular formula is C9H15N3. The highest BCUT2D eigenvalue weighted by atomic mass is 15.1. The van der Waals surface area contributed by atoms with E-state index >= 15 is 0 Å². The zero-order valence-corrected chi connectivity index (χ0v) is 7.38. The van der Waals surface area contributed by atoms with E-state index < -0.39 is 0 Å². The van der Waals surface area contributed by atoms with E-state index in [1.54, 1.807) is 6.20 Å². The Morgan fingerprint density at radius 3 is 3.08 bits per heavy atom. The van der Waals surface area contributed by atoms with Crippen molar-refractivity contribution in [3.05, 3.63) is 18.0 Å². The summed E-state index contributed by atoms with van der Waals surface area (Å²) in [6.45, 7) is 3.23. The lowest BCUT2D eigenvalue weighted by Gasteiger charge is -2.33. The molecule has 1 aliphatic carbocycles. The third-order valence-corrected chi connectivity index (χ3v) is 2.51. The van der Waals surface area contributed by atoms with Gasteiger partial charge in [-0.05, 0) is 24.8 Å². The van der Waals surface area contributed by atoms with Gasteiger partial charge in [0.1, 0.15) is 0 Å². The zero-order chi connectivity index (χ0) is 8.39. The van der Waals surface area contributed by atoms with Crippen molar-refractivity contribution in [2.24, 2.45) is 5.92 Å². The molecule has 1 heterocycles. The molecule has 0 spiro atoms. The van der Waals surface area contributed by atoms with Crippen molar-refractivity contribution in [3.63, 3.8) is 0 Å². The highest BCUT2D eigenvalue weighted by molar-refractivity contribution is 4.97. The van der Waals surface area contributed by atoms with Crippen molar-refractivity contribution >= 4 is 0 Å². The number of aromatic amines is 1. The van der Waals surface area contributed by atoms with Crippen molar-refractivity contribution < 1.29 is 0 Å². The van der Waals surface area contributed by atoms with Gasteiger partial charge in [0.2, 0.25) is 0 Å². The SMILES string of the molecule is CC1CC(NCc2ccn[nH]2)C1. The van der Waals surface area contributed by atoms with E-state index in [4.69, 9.17) is 0 Å². The number of aromatic nitrogens is 2. The number of nitrogens with zero attached hydrogens (tertiary/aromatic N) is 1. The summed E-state index contributed by atoms with van der Waals surface area (Å²) >= 11 is 0. The molecule has 1 aromatic rings. The molecule has 2 rings (SSSR count). The third-order valence-electron chi connectivity index (χ3n) is 2.51. The molecule has 2 N–H and O–H groups in total. The van der Waals surface area contributed by atoms with Crippen LogP contribution in [0.5, 0.6) is 0 Å². The summed E-state index contributed by atoms with van der Waals surface area (Å²) in [5, 5.41) is 10.3. The summed E-state index contributed by atoms with van der Waals surface area (Å²) in [5.41, 5.74) is 1.18. The monoisotopic (exact) mass is 165 g/mol. The first-order chi connectivity index (χ1) is 5.84. The highest BCUT2D eigenvalue weighted by Gasteiger charge is 2.24. The topological polar surface area (TPSA) is 40.7 Å². The number of hydrogen-bond acceptors (Lipinski definition) is 2. The first kappa shape index (κ1) is 7.80. The molecule has 0 amide bonds. The maximum absolute atomic E-state index is 3.89. The molecule has 3 nitrogen and oxygen atoms in total. The third kappa shape index (κ3) is 1.67. The molecule has 1 aliphatic rings. The number of hydrogen-bond donors (Lipinski definition) is 2. The Labute approximate surface area is 72.6 Å². The summed E-state index contributed by atoms with van der Waals surface area (Å²) in [6, 6.07) is 2.75. The normalized spacial score (nSPS) is 28.4. The molecule has 1 saturated carbocycles. The Bertz CT molecular complexity index is 224. The Hall–Kier alpha value is -0.830. The molecule has 0 atom stereocenters. The molecule has 1 aromatic heterocycles. The molecule has 0 saturated heterocycles. The van der Waals surface area contributed by atoms with Crippen LogP contribution in [0.4, 0.5) is 0 Å². The van der Waals surface area contributed by atoms with Gasteiger partial charge in [0.25, 0.3) is 0 Å². The van der Waals surface area contributed by atoms with Crippen molar-refractivity contribution in [3.8, 4) is 0 Å². The molecule has 12 heavy (non-hydrogen) atoms. The van der Waals surface area contributed by atoms with E-state index in [9.17, 15) is 0 Å². The van der Waals surface area contributed by atoms with Crippen LogP contribution in [0.2, 0.25) is 0 Å². The largest absolute Gasteiger partial charge is 0.308 e. The smallest absolute Gasteiger partial charge is 0.0490 e. The first-order valence-electron chi connectivity index (χ1n) is 4.56. The minimum Gasteiger partial charge on any atom is -0.308 e. The van der Waals surface area contributed by atoms with Crippen LogP contribution in [-0.2, 0) is 6.54 Å². The van der Waals surface area contributed by atoms with Gasteiger partial charge in [-0.25, -0.2) is 0 Å². The number of H-pyrrole nitrogens is 1. The summed E-state index contributed by atoms with van der Waals surface area (Å²) in [6.07, 6.45) is 4.45. The summed E-state index contributed by atoms with van der Waals surface area (Å²) < 4.78 is 0. The summed E-state index contributed by atoms with van der Waals surface area (Å²) in [5.74, 6) is 0.921. The first-order valence-corrected chi connectivity index (χ1v) is 4.56. The van der Waals surface area contributed by atoms with Crippen LogP contribution in [0.3, 0.4) is 0 Å². The van der Waals surface area contributed by atoms with Crippen molar-refractivity contribution in [1.82, 2.24) is 15.5 Å². The van der Waals surface area contributed by atoms with E-state index in [0.717, 1.165) is 18.5 Å². The highest BCUT2D eigenvalue weighted by Crippen LogP contribution is 2.26. The molecule has 1 fully saturated rings. The van der Waals surface area contributed by atoms with Crippen LogP contribution in [0.25, 0.3) is 0 Å². The average Bonchev–Trinajstić information content (AvgIpc) is 2.47. The molecule has 0 aromatic carbocycles. The van der Waals surface area contributed by atoms with Crippen LogP contribution < -0.4 is 5.32 Å². The maximum Gasteiger partial charge on any atom is 0.0490 e. The predicted octanol–water partition coefficient (Wildman–Crippen LogP) is 1.30. The fourth-order valence-electron chi connectivity index (χ4n) is 1.71. The second kappa shape index (κ2) is 3.27. The van der Waals surface area contributed by atoms with Crippen LogP contribution in [0.1, 0.15) is 25.5 Å².